The molecule has 1 aromatic rings. The molecule has 1 atom stereocenters. The molecule has 0 bridgehead atoms. The van der Waals surface area contributed by atoms with Gasteiger partial charge in [0.15, 0.2) is 0 Å². The predicted octanol–water partition coefficient (Wildman–Crippen LogP) is 1.32. The van der Waals surface area contributed by atoms with Gasteiger partial charge in [-0.05, 0) is 17.5 Å². The Morgan fingerprint density at radius 3 is 2.80 bits per heavy atom. The summed E-state index contributed by atoms with van der Waals surface area (Å²) in [6, 6.07) is 8.44. The van der Waals surface area contributed by atoms with Crippen LogP contribution in [0.25, 0.3) is 10.4 Å². The summed E-state index contributed by atoms with van der Waals surface area (Å²) in [4.78, 5) is 17.6. The quantitative estimate of drug-likeness (QED) is 0.348. The second kappa shape index (κ2) is 5.64. The summed E-state index contributed by atoms with van der Waals surface area (Å²) in [6.45, 7) is 0. The van der Waals surface area contributed by atoms with Gasteiger partial charge in [-0.1, -0.05) is 30.3 Å². The van der Waals surface area contributed by atoms with Gasteiger partial charge in [0, 0.05) is 4.91 Å². The monoisotopic (exact) mass is 206 g/mol. The number of hydrogen-bond donors (Lipinski definition) is 1. The number of benzene rings is 1. The van der Waals surface area contributed by atoms with Crippen LogP contribution in [0.4, 0.5) is 0 Å². The second-order valence-corrected chi connectivity index (χ2v) is 2.88. The molecule has 0 saturated heterocycles. The van der Waals surface area contributed by atoms with E-state index in [-0.39, 0.29) is 0 Å². The van der Waals surface area contributed by atoms with Crippen molar-refractivity contribution in [2.24, 2.45) is 11.0 Å². The van der Waals surface area contributed by atoms with Gasteiger partial charge in [-0.3, -0.25) is 0 Å². The Labute approximate surface area is 86.2 Å². The Morgan fingerprint density at radius 2 is 2.20 bits per heavy atom. The lowest BCUT2D eigenvalue weighted by Gasteiger charge is -2.07. The van der Waals surface area contributed by atoms with Gasteiger partial charge in [-0.25, -0.2) is 4.79 Å². The van der Waals surface area contributed by atoms with Crippen LogP contribution in [0.2, 0.25) is 0 Å². The van der Waals surface area contributed by atoms with E-state index >= 15 is 0 Å². The van der Waals surface area contributed by atoms with Crippen LogP contribution in [0.1, 0.15) is 5.56 Å². The minimum atomic E-state index is -0.821. The highest BCUT2D eigenvalue weighted by Crippen LogP contribution is 2.02. The molecule has 15 heavy (non-hydrogen) atoms. The van der Waals surface area contributed by atoms with Gasteiger partial charge in [0.25, 0.3) is 0 Å². The molecule has 1 aromatic carbocycles. The van der Waals surface area contributed by atoms with Crippen molar-refractivity contribution in [3.63, 3.8) is 0 Å². The third-order valence-corrected chi connectivity index (χ3v) is 1.77. The van der Waals surface area contributed by atoms with Gasteiger partial charge in [-0.15, -0.1) is 0 Å². The zero-order valence-corrected chi connectivity index (χ0v) is 7.91. The minimum Gasteiger partial charge on any atom is -0.357 e. The molecule has 0 aliphatic heterocycles. The first-order valence-electron chi connectivity index (χ1n) is 4.29. The second-order valence-electron chi connectivity index (χ2n) is 2.88. The van der Waals surface area contributed by atoms with E-state index in [1.54, 1.807) is 0 Å². The average Bonchev–Trinajstić information content (AvgIpc) is 2.27. The smallest absolute Gasteiger partial charge is 0.334 e. The minimum absolute atomic E-state index is 0.348. The Hall–Kier alpha value is -2.04. The standard InChI is InChI=1S/C9H10N4O2/c10-8(9(14)15-13-12-11)6-7-4-2-1-3-5-7/h1-5,8H,6,10H2/t8-/m0/s1. The fourth-order valence-electron chi connectivity index (χ4n) is 1.08. The van der Waals surface area contributed by atoms with Crippen molar-refractivity contribution in [1.82, 2.24) is 0 Å². The lowest BCUT2D eigenvalue weighted by atomic mass is 10.1. The highest BCUT2D eigenvalue weighted by Gasteiger charge is 2.14. The lowest BCUT2D eigenvalue weighted by Crippen LogP contribution is -2.33. The van der Waals surface area contributed by atoms with Crippen LogP contribution in [0.15, 0.2) is 35.6 Å². The molecule has 78 valence electrons. The Morgan fingerprint density at radius 1 is 1.53 bits per heavy atom. The molecular formula is C9H10N4O2. The van der Waals surface area contributed by atoms with E-state index in [4.69, 9.17) is 11.3 Å². The number of carbonyl (C=O) groups excluding carboxylic acids is 1. The molecule has 0 radical (unpaired) electrons. The molecule has 2 N–H and O–H groups in total. The fourth-order valence-corrected chi connectivity index (χ4v) is 1.08. The van der Waals surface area contributed by atoms with Crippen LogP contribution in [0, 0.1) is 0 Å². The summed E-state index contributed by atoms with van der Waals surface area (Å²) in [5.41, 5.74) is 14.4. The first-order valence-corrected chi connectivity index (χ1v) is 4.29. The highest BCUT2D eigenvalue weighted by molar-refractivity contribution is 5.75. The van der Waals surface area contributed by atoms with E-state index in [0.29, 0.717) is 6.42 Å². The number of azide groups is 1. The highest BCUT2D eigenvalue weighted by atomic mass is 16.7. The molecule has 0 aliphatic rings. The molecule has 0 aromatic heterocycles. The molecule has 0 heterocycles. The van der Waals surface area contributed by atoms with Gasteiger partial charge >= 0.3 is 5.97 Å². The van der Waals surface area contributed by atoms with Crippen molar-refractivity contribution in [2.75, 3.05) is 0 Å². The molecule has 6 heteroatoms. The van der Waals surface area contributed by atoms with E-state index < -0.39 is 12.0 Å². The molecule has 1 rings (SSSR count). The third kappa shape index (κ3) is 3.68. The molecule has 0 fully saturated rings. The van der Waals surface area contributed by atoms with E-state index in [1.165, 1.54) is 0 Å². The normalized spacial score (nSPS) is 11.3. The van der Waals surface area contributed by atoms with Crippen molar-refractivity contribution >= 4 is 5.97 Å². The van der Waals surface area contributed by atoms with E-state index in [2.05, 4.69) is 15.0 Å². The van der Waals surface area contributed by atoms with Crippen LogP contribution in [0.3, 0.4) is 0 Å². The fraction of sp³-hybridized carbons (Fsp3) is 0.222. The summed E-state index contributed by atoms with van der Waals surface area (Å²) in [5.74, 6) is -0.739. The Balaban J connectivity index is 2.52. The summed E-state index contributed by atoms with van der Waals surface area (Å²) in [5, 5.41) is 2.69. The zero-order valence-electron chi connectivity index (χ0n) is 7.91. The lowest BCUT2D eigenvalue weighted by molar-refractivity contribution is -0.145. The third-order valence-electron chi connectivity index (χ3n) is 1.77. The van der Waals surface area contributed by atoms with Crippen molar-refractivity contribution in [1.29, 1.82) is 0 Å². The van der Waals surface area contributed by atoms with E-state index in [9.17, 15) is 4.79 Å². The van der Waals surface area contributed by atoms with Crippen molar-refractivity contribution < 1.29 is 9.63 Å². The maximum atomic E-state index is 11.1. The van der Waals surface area contributed by atoms with Crippen LogP contribution in [-0.4, -0.2) is 12.0 Å². The van der Waals surface area contributed by atoms with Gasteiger partial charge in [0.1, 0.15) is 11.3 Å². The largest absolute Gasteiger partial charge is 0.357 e. The average molecular weight is 206 g/mol. The van der Waals surface area contributed by atoms with Crippen LogP contribution in [0.5, 0.6) is 0 Å². The Kier molecular flexibility index (Phi) is 4.15. The van der Waals surface area contributed by atoms with Crippen LogP contribution >= 0.6 is 0 Å². The predicted molar refractivity (Wildman–Crippen MR) is 53.4 cm³/mol. The van der Waals surface area contributed by atoms with Crippen molar-refractivity contribution in [3.05, 3.63) is 46.3 Å². The number of rotatable bonds is 4. The molecule has 6 nitrogen and oxygen atoms in total. The first kappa shape index (κ1) is 11.0. The topological polar surface area (TPSA) is 101 Å². The maximum absolute atomic E-state index is 11.1. The number of carbonyl (C=O) groups is 1. The summed E-state index contributed by atoms with van der Waals surface area (Å²) < 4.78 is 0. The van der Waals surface area contributed by atoms with Crippen molar-refractivity contribution in [2.45, 2.75) is 12.5 Å². The van der Waals surface area contributed by atoms with Crippen molar-refractivity contribution in [3.8, 4) is 0 Å². The van der Waals surface area contributed by atoms with Gasteiger partial charge in [0.05, 0.1) is 0 Å². The molecule has 0 saturated carbocycles. The first-order chi connectivity index (χ1) is 7.24. The maximum Gasteiger partial charge on any atom is 0.334 e. The number of hydrogen-bond acceptors (Lipinski definition) is 4. The van der Waals surface area contributed by atoms with E-state index in [0.717, 1.165) is 5.56 Å². The summed E-state index contributed by atoms with van der Waals surface area (Å²) >= 11 is 0. The summed E-state index contributed by atoms with van der Waals surface area (Å²) in [6.07, 6.45) is 0.348. The molecule has 0 spiro atoms. The van der Waals surface area contributed by atoms with Gasteiger partial charge in [-0.2, -0.15) is 0 Å². The van der Waals surface area contributed by atoms with Gasteiger partial charge in [0.2, 0.25) is 0 Å². The Bertz CT molecular complexity index is 373. The van der Waals surface area contributed by atoms with Crippen LogP contribution in [-0.2, 0) is 16.1 Å². The molecule has 0 unspecified atom stereocenters. The van der Waals surface area contributed by atoms with Crippen LogP contribution < -0.4 is 5.73 Å². The summed E-state index contributed by atoms with van der Waals surface area (Å²) in [7, 11) is 0. The van der Waals surface area contributed by atoms with Gasteiger partial charge < -0.3 is 10.6 Å². The SMILES string of the molecule is [N-]=[N+]=NOC(=O)[C@@H](N)Cc1ccccc1. The van der Waals surface area contributed by atoms with E-state index in [1.807, 2.05) is 30.3 Å². The molecular weight excluding hydrogens is 196 g/mol. The molecule has 0 amide bonds. The number of nitrogens with zero attached hydrogens (tertiary/aromatic N) is 3. The zero-order chi connectivity index (χ0) is 11.1. The number of nitrogens with two attached hydrogens (primary N) is 1. The molecule has 0 aliphatic carbocycles.